The SMILES string of the molecule is C[C@H](OC(=O)c1cc(Cl)ccc1[N+](=O)[O-])C(=O)Nc1ccccc1C#N. The third kappa shape index (κ3) is 4.34. The maximum atomic E-state index is 12.2. The highest BCUT2D eigenvalue weighted by atomic mass is 35.5. The summed E-state index contributed by atoms with van der Waals surface area (Å²) in [6, 6.07) is 11.7. The van der Waals surface area contributed by atoms with E-state index in [4.69, 9.17) is 21.6 Å². The van der Waals surface area contributed by atoms with Crippen LogP contribution in [0.25, 0.3) is 0 Å². The number of nitro benzene ring substituents is 1. The number of para-hydroxylation sites is 1. The van der Waals surface area contributed by atoms with E-state index < -0.39 is 28.6 Å². The Bertz CT molecular complexity index is 923. The van der Waals surface area contributed by atoms with Crippen molar-refractivity contribution in [1.82, 2.24) is 0 Å². The monoisotopic (exact) mass is 373 g/mol. The van der Waals surface area contributed by atoms with Crippen LogP contribution in [0.15, 0.2) is 42.5 Å². The van der Waals surface area contributed by atoms with E-state index in [1.54, 1.807) is 12.1 Å². The molecule has 0 fully saturated rings. The van der Waals surface area contributed by atoms with Gasteiger partial charge in [-0.05, 0) is 31.2 Å². The number of benzene rings is 2. The molecule has 2 aromatic rings. The Hall–Kier alpha value is -3.44. The number of amides is 1. The summed E-state index contributed by atoms with van der Waals surface area (Å²) < 4.78 is 4.99. The summed E-state index contributed by atoms with van der Waals surface area (Å²) in [5, 5.41) is 22.6. The summed E-state index contributed by atoms with van der Waals surface area (Å²) >= 11 is 5.77. The summed E-state index contributed by atoms with van der Waals surface area (Å²) in [4.78, 5) is 34.6. The van der Waals surface area contributed by atoms with Crippen LogP contribution in [0.1, 0.15) is 22.8 Å². The average Bonchev–Trinajstić information content (AvgIpc) is 2.61. The van der Waals surface area contributed by atoms with Crippen LogP contribution in [0, 0.1) is 21.4 Å². The highest BCUT2D eigenvalue weighted by molar-refractivity contribution is 6.31. The second-order valence-electron chi connectivity index (χ2n) is 5.11. The van der Waals surface area contributed by atoms with Gasteiger partial charge in [0, 0.05) is 11.1 Å². The summed E-state index contributed by atoms with van der Waals surface area (Å²) in [5.41, 5.74) is -0.345. The summed E-state index contributed by atoms with van der Waals surface area (Å²) in [6.07, 6.45) is -1.26. The Morgan fingerprint density at radius 1 is 1.31 bits per heavy atom. The van der Waals surface area contributed by atoms with Crippen molar-refractivity contribution < 1.29 is 19.2 Å². The Morgan fingerprint density at radius 3 is 2.65 bits per heavy atom. The minimum atomic E-state index is -1.26. The Balaban J connectivity index is 2.14. The maximum absolute atomic E-state index is 12.2. The molecule has 8 nitrogen and oxygen atoms in total. The number of nitro groups is 1. The van der Waals surface area contributed by atoms with Gasteiger partial charge in [-0.2, -0.15) is 5.26 Å². The topological polar surface area (TPSA) is 122 Å². The van der Waals surface area contributed by atoms with Crippen LogP contribution in [-0.4, -0.2) is 22.9 Å². The van der Waals surface area contributed by atoms with E-state index in [0.717, 1.165) is 12.1 Å². The second-order valence-corrected chi connectivity index (χ2v) is 5.55. The van der Waals surface area contributed by atoms with Crippen molar-refractivity contribution in [1.29, 1.82) is 5.26 Å². The summed E-state index contributed by atoms with van der Waals surface area (Å²) in [7, 11) is 0. The Labute approximate surface area is 153 Å². The minimum absolute atomic E-state index is 0.114. The molecule has 2 rings (SSSR count). The molecule has 1 atom stereocenters. The fraction of sp³-hybridized carbons (Fsp3) is 0.118. The highest BCUT2D eigenvalue weighted by Gasteiger charge is 2.26. The number of nitriles is 1. The number of halogens is 1. The second kappa shape index (κ2) is 8.09. The first-order valence-electron chi connectivity index (χ1n) is 7.28. The van der Waals surface area contributed by atoms with Crippen LogP contribution in [0.5, 0.6) is 0 Å². The van der Waals surface area contributed by atoms with Crippen molar-refractivity contribution in [2.24, 2.45) is 0 Å². The number of nitrogens with zero attached hydrogens (tertiary/aromatic N) is 2. The lowest BCUT2D eigenvalue weighted by atomic mass is 10.2. The van der Waals surface area contributed by atoms with Gasteiger partial charge in [-0.1, -0.05) is 23.7 Å². The molecule has 26 heavy (non-hydrogen) atoms. The normalized spacial score (nSPS) is 11.1. The molecule has 132 valence electrons. The lowest BCUT2D eigenvalue weighted by Crippen LogP contribution is -2.30. The zero-order valence-corrected chi connectivity index (χ0v) is 14.2. The number of hydrogen-bond donors (Lipinski definition) is 1. The third-order valence-corrected chi connectivity index (χ3v) is 3.57. The number of carbonyl (C=O) groups excluding carboxylic acids is 2. The van der Waals surface area contributed by atoms with E-state index in [0.29, 0.717) is 0 Å². The number of carbonyl (C=O) groups is 2. The van der Waals surface area contributed by atoms with Gasteiger partial charge in [0.25, 0.3) is 11.6 Å². The first-order valence-corrected chi connectivity index (χ1v) is 7.66. The van der Waals surface area contributed by atoms with Gasteiger partial charge in [-0.25, -0.2) is 4.79 Å². The quantitative estimate of drug-likeness (QED) is 0.487. The predicted molar refractivity (Wildman–Crippen MR) is 92.8 cm³/mol. The van der Waals surface area contributed by atoms with Crippen molar-refractivity contribution >= 4 is 34.9 Å². The largest absolute Gasteiger partial charge is 0.449 e. The molecular formula is C17H12ClN3O5. The smallest absolute Gasteiger partial charge is 0.345 e. The predicted octanol–water partition coefficient (Wildman–Crippen LogP) is 3.30. The molecule has 0 heterocycles. The molecule has 0 spiro atoms. The van der Waals surface area contributed by atoms with Crippen LogP contribution in [-0.2, 0) is 9.53 Å². The molecule has 0 saturated heterocycles. The Kier molecular flexibility index (Phi) is 5.88. The van der Waals surface area contributed by atoms with E-state index in [9.17, 15) is 19.7 Å². The lowest BCUT2D eigenvalue weighted by Gasteiger charge is -2.14. The van der Waals surface area contributed by atoms with Crippen LogP contribution < -0.4 is 5.32 Å². The van der Waals surface area contributed by atoms with E-state index in [-0.39, 0.29) is 21.8 Å². The standard InChI is InChI=1S/C17H12ClN3O5/c1-10(16(22)20-14-5-3-2-4-11(14)9-19)26-17(23)13-8-12(18)6-7-15(13)21(24)25/h2-8,10H,1H3,(H,20,22)/t10-/m0/s1. The molecular weight excluding hydrogens is 362 g/mol. The molecule has 1 N–H and O–H groups in total. The van der Waals surface area contributed by atoms with Gasteiger partial charge in [0.1, 0.15) is 11.6 Å². The molecule has 9 heteroatoms. The fourth-order valence-electron chi connectivity index (χ4n) is 2.03. The number of ether oxygens (including phenoxy) is 1. The van der Waals surface area contributed by atoms with Crippen molar-refractivity contribution in [3.8, 4) is 6.07 Å². The number of anilines is 1. The molecule has 0 aliphatic carbocycles. The zero-order chi connectivity index (χ0) is 19.3. The molecule has 0 bridgehead atoms. The van der Waals surface area contributed by atoms with Crippen molar-refractivity contribution in [2.75, 3.05) is 5.32 Å². The summed E-state index contributed by atoms with van der Waals surface area (Å²) in [5.74, 6) is -1.75. The molecule has 1 amide bonds. The molecule has 0 unspecified atom stereocenters. The van der Waals surface area contributed by atoms with E-state index in [1.165, 1.54) is 25.1 Å². The van der Waals surface area contributed by atoms with Gasteiger partial charge in [0.15, 0.2) is 6.10 Å². The van der Waals surface area contributed by atoms with Crippen molar-refractivity contribution in [2.45, 2.75) is 13.0 Å². The average molecular weight is 374 g/mol. The number of hydrogen-bond acceptors (Lipinski definition) is 6. The molecule has 0 aromatic heterocycles. The van der Waals surface area contributed by atoms with E-state index in [2.05, 4.69) is 5.32 Å². The van der Waals surface area contributed by atoms with Gasteiger partial charge in [0.05, 0.1) is 16.2 Å². The molecule has 0 saturated carbocycles. The van der Waals surface area contributed by atoms with Gasteiger partial charge in [-0.3, -0.25) is 14.9 Å². The molecule has 0 aliphatic rings. The van der Waals surface area contributed by atoms with E-state index in [1.807, 2.05) is 6.07 Å². The zero-order valence-electron chi connectivity index (χ0n) is 13.4. The number of rotatable bonds is 5. The van der Waals surface area contributed by atoms with Crippen LogP contribution >= 0.6 is 11.6 Å². The maximum Gasteiger partial charge on any atom is 0.345 e. The van der Waals surface area contributed by atoms with Gasteiger partial charge in [-0.15, -0.1) is 0 Å². The molecule has 0 aliphatic heterocycles. The number of esters is 1. The molecule has 0 radical (unpaired) electrons. The summed E-state index contributed by atoms with van der Waals surface area (Å²) in [6.45, 7) is 1.30. The third-order valence-electron chi connectivity index (χ3n) is 3.33. The van der Waals surface area contributed by atoms with Crippen molar-refractivity contribution in [3.63, 3.8) is 0 Å². The first kappa shape index (κ1) is 18.9. The van der Waals surface area contributed by atoms with Gasteiger partial charge >= 0.3 is 5.97 Å². The van der Waals surface area contributed by atoms with Gasteiger partial charge < -0.3 is 10.1 Å². The van der Waals surface area contributed by atoms with Crippen LogP contribution in [0.4, 0.5) is 11.4 Å². The van der Waals surface area contributed by atoms with Crippen molar-refractivity contribution in [3.05, 3.63) is 68.7 Å². The molecule has 2 aromatic carbocycles. The van der Waals surface area contributed by atoms with Gasteiger partial charge in [0.2, 0.25) is 0 Å². The fourth-order valence-corrected chi connectivity index (χ4v) is 2.20. The first-order chi connectivity index (χ1) is 12.3. The van der Waals surface area contributed by atoms with E-state index >= 15 is 0 Å². The van der Waals surface area contributed by atoms with Crippen LogP contribution in [0.2, 0.25) is 5.02 Å². The van der Waals surface area contributed by atoms with Crippen LogP contribution in [0.3, 0.4) is 0 Å². The lowest BCUT2D eigenvalue weighted by molar-refractivity contribution is -0.385. The Morgan fingerprint density at radius 2 is 2.00 bits per heavy atom. The highest BCUT2D eigenvalue weighted by Crippen LogP contribution is 2.24. The minimum Gasteiger partial charge on any atom is -0.449 e. The number of nitrogens with one attached hydrogen (secondary N) is 1.